The average Bonchev–Trinajstić information content (AvgIpc) is 3.55. The third-order valence-corrected chi connectivity index (χ3v) is 7.16. The van der Waals surface area contributed by atoms with Gasteiger partial charge in [-0.2, -0.15) is 8.75 Å². The van der Waals surface area contributed by atoms with Crippen LogP contribution in [0.4, 0.5) is 10.5 Å². The number of aldehydes is 1. The molecule has 2 heterocycles. The van der Waals surface area contributed by atoms with E-state index in [0.29, 0.717) is 35.6 Å². The molecule has 2 N–H and O–H groups in total. The number of esters is 1. The second-order valence-electron chi connectivity index (χ2n) is 9.32. The van der Waals surface area contributed by atoms with Crippen LogP contribution in [0.5, 0.6) is 0 Å². The zero-order valence-electron chi connectivity index (χ0n) is 22.3. The number of hydrogen-bond acceptors (Lipinski definition) is 7. The number of ether oxygens (including phenoxy) is 1. The minimum atomic E-state index is -0.462. The molecule has 0 saturated heterocycles. The van der Waals surface area contributed by atoms with Gasteiger partial charge in [0.2, 0.25) is 0 Å². The van der Waals surface area contributed by atoms with Crippen molar-refractivity contribution in [2.45, 2.75) is 33.2 Å². The summed E-state index contributed by atoms with van der Waals surface area (Å²) in [5, 5.41) is 6.54. The monoisotopic (exact) mass is 555 g/mol. The molecule has 0 atom stereocenters. The number of fused-ring (bicyclic) bond motifs is 2. The molecule has 0 unspecified atom stereocenters. The van der Waals surface area contributed by atoms with Crippen LogP contribution in [0.25, 0.3) is 33.1 Å². The summed E-state index contributed by atoms with van der Waals surface area (Å²) in [5.74, 6) is -0.462. The molecule has 0 aliphatic heterocycles. The number of urea groups is 1. The van der Waals surface area contributed by atoms with Crippen LogP contribution in [0.15, 0.2) is 60.7 Å². The SMILES string of the molecule is CCCCNC(=O)Nc1ccc2c(c1)c(-c1ccc(C=O)cc1)c(C(=O)OCC)n2Cc1ccc2nsnc2c1. The van der Waals surface area contributed by atoms with Crippen LogP contribution in [-0.4, -0.2) is 44.8 Å². The van der Waals surface area contributed by atoms with Gasteiger partial charge in [0, 0.05) is 40.8 Å². The third-order valence-electron chi connectivity index (χ3n) is 6.60. The lowest BCUT2D eigenvalue weighted by Gasteiger charge is -2.12. The molecule has 0 aliphatic carbocycles. The molecule has 0 bridgehead atoms. The van der Waals surface area contributed by atoms with Crippen molar-refractivity contribution in [3.8, 4) is 11.1 Å². The number of nitrogens with one attached hydrogen (secondary N) is 2. The Kier molecular flexibility index (Phi) is 8.16. The van der Waals surface area contributed by atoms with Crippen LogP contribution in [0.3, 0.4) is 0 Å². The van der Waals surface area contributed by atoms with E-state index in [9.17, 15) is 14.4 Å². The Balaban J connectivity index is 1.67. The average molecular weight is 556 g/mol. The number of aromatic nitrogens is 3. The van der Waals surface area contributed by atoms with Gasteiger partial charge < -0.3 is 19.9 Å². The van der Waals surface area contributed by atoms with Gasteiger partial charge in [-0.3, -0.25) is 4.79 Å². The van der Waals surface area contributed by atoms with Gasteiger partial charge in [-0.1, -0.05) is 43.7 Å². The standard InChI is InChI=1S/C30H29N5O4S/c1-3-5-14-31-30(38)32-22-11-13-26-23(16-22)27(21-9-6-19(18-36)7-10-21)28(29(37)39-4-2)35(26)17-20-8-12-24-25(15-20)34-40-33-24/h6-13,15-16,18H,3-5,14,17H2,1-2H3,(H2,31,32,38). The van der Waals surface area contributed by atoms with Crippen molar-refractivity contribution < 1.29 is 19.1 Å². The summed E-state index contributed by atoms with van der Waals surface area (Å²) in [6.45, 7) is 5.02. The summed E-state index contributed by atoms with van der Waals surface area (Å²) in [7, 11) is 0. The molecule has 2 aromatic heterocycles. The van der Waals surface area contributed by atoms with Crippen LogP contribution < -0.4 is 10.6 Å². The van der Waals surface area contributed by atoms with Gasteiger partial charge in [-0.15, -0.1) is 0 Å². The molecule has 40 heavy (non-hydrogen) atoms. The molecular formula is C30H29N5O4S. The molecule has 2 amide bonds. The van der Waals surface area contributed by atoms with E-state index in [2.05, 4.69) is 26.3 Å². The predicted octanol–water partition coefficient (Wildman–Crippen LogP) is 6.27. The minimum absolute atomic E-state index is 0.213. The van der Waals surface area contributed by atoms with Crippen molar-refractivity contribution in [2.24, 2.45) is 0 Å². The number of benzene rings is 3. The van der Waals surface area contributed by atoms with Gasteiger partial charge in [0.05, 0.1) is 18.3 Å². The fourth-order valence-corrected chi connectivity index (χ4v) is 5.21. The highest BCUT2D eigenvalue weighted by atomic mass is 32.1. The maximum Gasteiger partial charge on any atom is 0.355 e. The normalized spacial score (nSPS) is 11.1. The third kappa shape index (κ3) is 5.57. The van der Waals surface area contributed by atoms with E-state index in [-0.39, 0.29) is 12.6 Å². The Morgan fingerprint density at radius 1 is 1.00 bits per heavy atom. The number of amides is 2. The molecule has 5 rings (SSSR count). The maximum absolute atomic E-state index is 13.5. The Morgan fingerprint density at radius 3 is 2.55 bits per heavy atom. The quantitative estimate of drug-likeness (QED) is 0.119. The van der Waals surface area contributed by atoms with Gasteiger partial charge in [0.15, 0.2) is 0 Å². The topological polar surface area (TPSA) is 115 Å². The van der Waals surface area contributed by atoms with E-state index >= 15 is 0 Å². The van der Waals surface area contributed by atoms with E-state index in [1.54, 1.807) is 19.1 Å². The van der Waals surface area contributed by atoms with Crippen molar-refractivity contribution in [1.29, 1.82) is 0 Å². The molecule has 0 aliphatic rings. The molecule has 9 nitrogen and oxygen atoms in total. The van der Waals surface area contributed by atoms with Crippen molar-refractivity contribution in [3.05, 3.63) is 77.5 Å². The fourth-order valence-electron chi connectivity index (χ4n) is 4.69. The zero-order chi connectivity index (χ0) is 28.1. The fraction of sp³-hybridized carbons (Fsp3) is 0.233. The molecule has 0 fully saturated rings. The van der Waals surface area contributed by atoms with Crippen molar-refractivity contribution in [2.75, 3.05) is 18.5 Å². The summed E-state index contributed by atoms with van der Waals surface area (Å²) in [6, 6.07) is 18.2. The van der Waals surface area contributed by atoms with Gasteiger partial charge in [-0.25, -0.2) is 9.59 Å². The summed E-state index contributed by atoms with van der Waals surface area (Å²) >= 11 is 1.16. The number of carbonyl (C=O) groups excluding carboxylic acids is 3. The highest BCUT2D eigenvalue weighted by molar-refractivity contribution is 7.00. The first kappa shape index (κ1) is 27.0. The Bertz CT molecular complexity index is 1690. The first-order valence-electron chi connectivity index (χ1n) is 13.2. The van der Waals surface area contributed by atoms with Gasteiger partial charge in [0.1, 0.15) is 23.0 Å². The number of anilines is 1. The van der Waals surface area contributed by atoms with E-state index in [1.807, 2.05) is 53.1 Å². The molecular weight excluding hydrogens is 526 g/mol. The molecule has 3 aromatic carbocycles. The minimum Gasteiger partial charge on any atom is -0.461 e. The largest absolute Gasteiger partial charge is 0.461 e. The summed E-state index contributed by atoms with van der Waals surface area (Å²) in [4.78, 5) is 37.3. The lowest BCUT2D eigenvalue weighted by atomic mass is 10.00. The molecule has 204 valence electrons. The Hall–Kier alpha value is -4.57. The number of rotatable bonds is 10. The number of hydrogen-bond donors (Lipinski definition) is 2. The number of unbranched alkanes of at least 4 members (excludes halogenated alkanes) is 1. The highest BCUT2D eigenvalue weighted by Gasteiger charge is 2.26. The summed E-state index contributed by atoms with van der Waals surface area (Å²) in [5.41, 5.74) is 6.28. The summed E-state index contributed by atoms with van der Waals surface area (Å²) < 4.78 is 16.1. The molecule has 10 heteroatoms. The van der Waals surface area contributed by atoms with Gasteiger partial charge >= 0.3 is 12.0 Å². The lowest BCUT2D eigenvalue weighted by molar-refractivity contribution is 0.0516. The van der Waals surface area contributed by atoms with E-state index < -0.39 is 5.97 Å². The van der Waals surface area contributed by atoms with Gasteiger partial charge in [-0.05, 0) is 54.8 Å². The van der Waals surface area contributed by atoms with Crippen LogP contribution in [0.2, 0.25) is 0 Å². The van der Waals surface area contributed by atoms with Crippen molar-refractivity contribution in [3.63, 3.8) is 0 Å². The Morgan fingerprint density at radius 2 is 1.80 bits per heavy atom. The van der Waals surface area contributed by atoms with Crippen molar-refractivity contribution >= 4 is 57.6 Å². The highest BCUT2D eigenvalue weighted by Crippen LogP contribution is 2.38. The number of carbonyl (C=O) groups is 3. The summed E-state index contributed by atoms with van der Waals surface area (Å²) in [6.07, 6.45) is 2.65. The molecule has 0 spiro atoms. The van der Waals surface area contributed by atoms with Crippen LogP contribution in [0, 0.1) is 0 Å². The lowest BCUT2D eigenvalue weighted by Crippen LogP contribution is -2.29. The van der Waals surface area contributed by atoms with E-state index in [4.69, 9.17) is 4.74 Å². The predicted molar refractivity (Wildman–Crippen MR) is 157 cm³/mol. The second-order valence-corrected chi connectivity index (χ2v) is 9.85. The zero-order valence-corrected chi connectivity index (χ0v) is 23.1. The van der Waals surface area contributed by atoms with Gasteiger partial charge in [0.25, 0.3) is 0 Å². The molecule has 0 saturated carbocycles. The van der Waals surface area contributed by atoms with Crippen LogP contribution >= 0.6 is 11.7 Å². The van der Waals surface area contributed by atoms with Crippen molar-refractivity contribution in [1.82, 2.24) is 18.6 Å². The smallest absolute Gasteiger partial charge is 0.355 e. The van der Waals surface area contributed by atoms with E-state index in [0.717, 1.165) is 63.9 Å². The number of nitrogens with zero attached hydrogens (tertiary/aromatic N) is 3. The molecule has 5 aromatic rings. The maximum atomic E-state index is 13.5. The second kappa shape index (κ2) is 12.1. The van der Waals surface area contributed by atoms with Crippen LogP contribution in [0.1, 0.15) is 53.1 Å². The Labute approximate surface area is 235 Å². The first-order valence-corrected chi connectivity index (χ1v) is 13.9. The van der Waals surface area contributed by atoms with E-state index in [1.165, 1.54) is 0 Å². The first-order chi connectivity index (χ1) is 19.5. The van der Waals surface area contributed by atoms with Crippen LogP contribution in [-0.2, 0) is 11.3 Å². The molecule has 0 radical (unpaired) electrons.